The summed E-state index contributed by atoms with van der Waals surface area (Å²) in [5, 5.41) is 6.16. The van der Waals surface area contributed by atoms with Gasteiger partial charge in [0.15, 0.2) is 5.96 Å². The highest BCUT2D eigenvalue weighted by molar-refractivity contribution is 5.94. The lowest BCUT2D eigenvalue weighted by molar-refractivity contribution is -0.131. The van der Waals surface area contributed by atoms with Crippen LogP contribution in [0.1, 0.15) is 36.7 Å². The first kappa shape index (κ1) is 25.4. The maximum absolute atomic E-state index is 12.4. The highest BCUT2D eigenvalue weighted by Crippen LogP contribution is 2.07. The molecule has 0 saturated heterocycles. The number of rotatable bonds is 11. The first-order chi connectivity index (χ1) is 14.3. The van der Waals surface area contributed by atoms with Crippen molar-refractivity contribution < 1.29 is 9.59 Å². The van der Waals surface area contributed by atoms with Gasteiger partial charge in [0.1, 0.15) is 0 Å². The predicted octanol–water partition coefficient (Wildman–Crippen LogP) is 1.24. The Kier molecular flexibility index (Phi) is 11.5. The molecule has 0 saturated carbocycles. The average Bonchev–Trinajstić information content (AvgIpc) is 2.71. The summed E-state index contributed by atoms with van der Waals surface area (Å²) in [7, 11) is 5.80. The van der Waals surface area contributed by atoms with Crippen molar-refractivity contribution in [2.75, 3.05) is 60.4 Å². The van der Waals surface area contributed by atoms with Crippen LogP contribution in [0, 0.1) is 0 Å². The zero-order valence-electron chi connectivity index (χ0n) is 19.4. The Balaban J connectivity index is 2.80. The molecule has 0 spiro atoms. The van der Waals surface area contributed by atoms with Gasteiger partial charge in [0, 0.05) is 45.3 Å². The molecule has 1 aromatic carbocycles. The van der Waals surface area contributed by atoms with E-state index < -0.39 is 0 Å². The van der Waals surface area contributed by atoms with E-state index in [-0.39, 0.29) is 18.4 Å². The highest BCUT2D eigenvalue weighted by Gasteiger charge is 2.15. The summed E-state index contributed by atoms with van der Waals surface area (Å²) in [6, 6.07) is 7.48. The van der Waals surface area contributed by atoms with E-state index in [4.69, 9.17) is 0 Å². The monoisotopic (exact) mass is 418 g/mol. The molecule has 2 amide bonds. The fourth-order valence-corrected chi connectivity index (χ4v) is 2.90. The highest BCUT2D eigenvalue weighted by atomic mass is 16.2. The molecule has 0 heterocycles. The summed E-state index contributed by atoms with van der Waals surface area (Å²) in [6.07, 6.45) is 0. The standard InChI is InChI=1S/C22H38N6O2/c1-7-23-22(27(6)17-20(29)28(8-2)9-3)25-16-18-11-10-12-19(15-18)21(30)24-13-14-26(4)5/h10-12,15H,7-9,13-14,16-17H2,1-6H3,(H,23,25)(H,24,30). The van der Waals surface area contributed by atoms with Gasteiger partial charge in [0.25, 0.3) is 5.91 Å². The Morgan fingerprint density at radius 2 is 1.73 bits per heavy atom. The maximum atomic E-state index is 12.4. The molecule has 0 aliphatic carbocycles. The third-order valence-electron chi connectivity index (χ3n) is 4.63. The third-order valence-corrected chi connectivity index (χ3v) is 4.63. The Hall–Kier alpha value is -2.61. The van der Waals surface area contributed by atoms with Crippen molar-refractivity contribution in [2.24, 2.45) is 4.99 Å². The first-order valence-electron chi connectivity index (χ1n) is 10.6. The predicted molar refractivity (Wildman–Crippen MR) is 123 cm³/mol. The molecule has 0 radical (unpaired) electrons. The van der Waals surface area contributed by atoms with E-state index in [1.165, 1.54) is 0 Å². The van der Waals surface area contributed by atoms with Crippen molar-refractivity contribution in [3.63, 3.8) is 0 Å². The largest absolute Gasteiger partial charge is 0.357 e. The van der Waals surface area contributed by atoms with Gasteiger partial charge in [-0.3, -0.25) is 9.59 Å². The molecule has 168 valence electrons. The van der Waals surface area contributed by atoms with Gasteiger partial charge in [-0.1, -0.05) is 12.1 Å². The summed E-state index contributed by atoms with van der Waals surface area (Å²) >= 11 is 0. The summed E-state index contributed by atoms with van der Waals surface area (Å²) in [5.74, 6) is 0.653. The van der Waals surface area contributed by atoms with Crippen molar-refractivity contribution in [3.05, 3.63) is 35.4 Å². The molecule has 30 heavy (non-hydrogen) atoms. The van der Waals surface area contributed by atoms with Gasteiger partial charge in [0.2, 0.25) is 5.91 Å². The number of benzene rings is 1. The number of likely N-dealkylation sites (N-methyl/N-ethyl adjacent to an activating group) is 3. The molecule has 0 unspecified atom stereocenters. The van der Waals surface area contributed by atoms with Gasteiger partial charge < -0.3 is 25.3 Å². The topological polar surface area (TPSA) is 80.3 Å². The van der Waals surface area contributed by atoms with Gasteiger partial charge in [-0.15, -0.1) is 0 Å². The van der Waals surface area contributed by atoms with Crippen molar-refractivity contribution in [1.29, 1.82) is 0 Å². The SMILES string of the molecule is CCNC(=NCc1cccc(C(=O)NCCN(C)C)c1)N(C)CC(=O)N(CC)CC. The van der Waals surface area contributed by atoms with Crippen LogP contribution in [0.4, 0.5) is 0 Å². The number of hydrogen-bond donors (Lipinski definition) is 2. The quantitative estimate of drug-likeness (QED) is 0.418. The van der Waals surface area contributed by atoms with Crippen molar-refractivity contribution >= 4 is 17.8 Å². The van der Waals surface area contributed by atoms with Crippen LogP contribution in [0.5, 0.6) is 0 Å². The molecule has 0 fully saturated rings. The first-order valence-corrected chi connectivity index (χ1v) is 10.6. The average molecular weight is 419 g/mol. The Morgan fingerprint density at radius 3 is 2.33 bits per heavy atom. The fourth-order valence-electron chi connectivity index (χ4n) is 2.90. The van der Waals surface area contributed by atoms with Gasteiger partial charge in [-0.05, 0) is 52.6 Å². The Bertz CT molecular complexity index is 701. The molecule has 0 bridgehead atoms. The fraction of sp³-hybridized carbons (Fsp3) is 0.591. The Morgan fingerprint density at radius 1 is 1.03 bits per heavy atom. The van der Waals surface area contributed by atoms with E-state index in [2.05, 4.69) is 15.6 Å². The number of amides is 2. The molecule has 1 aromatic rings. The van der Waals surface area contributed by atoms with Crippen molar-refractivity contribution in [2.45, 2.75) is 27.3 Å². The minimum absolute atomic E-state index is 0.0736. The number of nitrogens with zero attached hydrogens (tertiary/aromatic N) is 4. The summed E-state index contributed by atoms with van der Waals surface area (Å²) < 4.78 is 0. The van der Waals surface area contributed by atoms with E-state index in [0.717, 1.165) is 12.1 Å². The van der Waals surface area contributed by atoms with E-state index in [0.29, 0.717) is 44.2 Å². The molecular weight excluding hydrogens is 380 g/mol. The summed E-state index contributed by atoms with van der Waals surface area (Å²) in [5.41, 5.74) is 1.56. The van der Waals surface area contributed by atoms with E-state index >= 15 is 0 Å². The smallest absolute Gasteiger partial charge is 0.251 e. The van der Waals surface area contributed by atoms with Crippen LogP contribution in [-0.4, -0.2) is 92.9 Å². The van der Waals surface area contributed by atoms with Gasteiger partial charge in [-0.25, -0.2) is 4.99 Å². The molecule has 0 aromatic heterocycles. The molecule has 1 rings (SSSR count). The number of nitrogens with one attached hydrogen (secondary N) is 2. The molecule has 8 heteroatoms. The van der Waals surface area contributed by atoms with Crippen LogP contribution in [-0.2, 0) is 11.3 Å². The molecule has 0 atom stereocenters. The van der Waals surface area contributed by atoms with Crippen LogP contribution in [0.3, 0.4) is 0 Å². The minimum Gasteiger partial charge on any atom is -0.357 e. The zero-order chi connectivity index (χ0) is 22.5. The van der Waals surface area contributed by atoms with E-state index in [9.17, 15) is 9.59 Å². The summed E-state index contributed by atoms with van der Waals surface area (Å²) in [4.78, 5) is 35.1. The van der Waals surface area contributed by atoms with Crippen molar-refractivity contribution in [1.82, 2.24) is 25.3 Å². The van der Waals surface area contributed by atoms with Gasteiger partial charge in [-0.2, -0.15) is 0 Å². The second kappa shape index (κ2) is 13.6. The van der Waals surface area contributed by atoms with Gasteiger partial charge in [0.05, 0.1) is 13.1 Å². The molecule has 0 aliphatic rings. The number of hydrogen-bond acceptors (Lipinski definition) is 4. The van der Waals surface area contributed by atoms with E-state index in [1.807, 2.05) is 69.9 Å². The molecule has 2 N–H and O–H groups in total. The van der Waals surface area contributed by atoms with Crippen LogP contribution >= 0.6 is 0 Å². The van der Waals surface area contributed by atoms with Crippen molar-refractivity contribution in [3.8, 4) is 0 Å². The number of aliphatic imine (C=N–C) groups is 1. The summed E-state index contributed by atoms with van der Waals surface area (Å²) in [6.45, 7) is 10.1. The Labute approximate surface area is 181 Å². The van der Waals surface area contributed by atoms with Gasteiger partial charge >= 0.3 is 0 Å². The number of guanidine groups is 1. The number of carbonyl (C=O) groups is 2. The number of carbonyl (C=O) groups excluding carboxylic acids is 2. The maximum Gasteiger partial charge on any atom is 0.251 e. The lowest BCUT2D eigenvalue weighted by Crippen LogP contribution is -2.45. The normalized spacial score (nSPS) is 11.4. The molecule has 0 aliphatic heterocycles. The molecular formula is C22H38N6O2. The minimum atomic E-state index is -0.0866. The van der Waals surface area contributed by atoms with E-state index in [1.54, 1.807) is 11.0 Å². The van der Waals surface area contributed by atoms with Crippen LogP contribution in [0.25, 0.3) is 0 Å². The van der Waals surface area contributed by atoms with Crippen LogP contribution < -0.4 is 10.6 Å². The zero-order valence-corrected chi connectivity index (χ0v) is 19.4. The lowest BCUT2D eigenvalue weighted by Gasteiger charge is -2.25. The lowest BCUT2D eigenvalue weighted by atomic mass is 10.1. The van der Waals surface area contributed by atoms with Crippen LogP contribution in [0.15, 0.2) is 29.3 Å². The second-order valence-corrected chi connectivity index (χ2v) is 7.35. The third kappa shape index (κ3) is 8.82. The second-order valence-electron chi connectivity index (χ2n) is 7.35. The van der Waals surface area contributed by atoms with Crippen LogP contribution in [0.2, 0.25) is 0 Å². The molecule has 8 nitrogen and oxygen atoms in total.